The summed E-state index contributed by atoms with van der Waals surface area (Å²) in [6.45, 7) is 11.9. The number of unbranched alkanes of at least 4 members (excludes halogenated alkanes) is 3. The molecule has 0 spiro atoms. The second kappa shape index (κ2) is 35.5. The fourth-order valence-electron chi connectivity index (χ4n) is 12.9. The van der Waals surface area contributed by atoms with Gasteiger partial charge < -0.3 is 142 Å². The predicted molar refractivity (Wildman–Crippen MR) is 301 cm³/mol. The van der Waals surface area contributed by atoms with E-state index in [0.29, 0.717) is 18.6 Å². The van der Waals surface area contributed by atoms with Gasteiger partial charge in [-0.3, -0.25) is 6.29 Å². The Labute approximate surface area is 548 Å². The van der Waals surface area contributed by atoms with Gasteiger partial charge in [0.2, 0.25) is 0 Å². The molecule has 35 atom stereocenters. The molecule has 0 amide bonds. The molecule has 0 saturated carbocycles. The second-order valence-electron chi connectivity index (χ2n) is 24.0. The summed E-state index contributed by atoms with van der Waals surface area (Å²) >= 11 is 1.68. The molecule has 21 aliphatic rings. The summed E-state index contributed by atoms with van der Waals surface area (Å²) in [5.41, 5.74) is 0. The molecule has 13 N–H and O–H groups in total. The van der Waals surface area contributed by atoms with Crippen LogP contribution in [0, 0.1) is 0 Å². The van der Waals surface area contributed by atoms with Crippen LogP contribution in [0.4, 0.5) is 0 Å². The maximum Gasteiger partial charge on any atom is 0.187 e. The molecule has 21 fully saturated rings. The maximum atomic E-state index is 12.4. The Morgan fingerprint density at radius 3 is 0.798 bits per heavy atom. The Morgan fingerprint density at radius 1 is 0.303 bits per heavy atom. The number of aliphatic hydroxyl groups is 13. The van der Waals surface area contributed by atoms with Gasteiger partial charge in [-0.05, 0) is 69.3 Å². The number of rotatable bonds is 18. The fraction of sp³-hybridized carbons (Fsp3) is 0.983. The van der Waals surface area contributed by atoms with Crippen molar-refractivity contribution in [1.82, 2.24) is 0 Å². The zero-order valence-electron chi connectivity index (χ0n) is 51.6. The molecule has 0 aromatic heterocycles. The van der Waals surface area contributed by atoms with Crippen LogP contribution in [-0.2, 0) is 109 Å². The molecule has 21 saturated heterocycles. The number of hydrogen-bond donors (Lipinski definition) is 13. The first-order chi connectivity index (χ1) is 42.2. The van der Waals surface area contributed by atoms with Gasteiger partial charge in [-0.1, -0.05) is 61.3 Å². The number of carbonyl (C=O) groups excluding carboxylic acids is 1. The molecule has 21 heterocycles. The monoisotopic (exact) mass is 1380 g/mol. The molecule has 21 aliphatic heterocycles. The van der Waals surface area contributed by atoms with Gasteiger partial charge in [-0.15, -0.1) is 0 Å². The van der Waals surface area contributed by atoms with E-state index in [0.717, 1.165) is 25.0 Å². The molecule has 515 valence electrons. The summed E-state index contributed by atoms with van der Waals surface area (Å²) in [4.78, 5) is 10.6. The Kier molecular flexibility index (Phi) is 30.5. The van der Waals surface area contributed by atoms with Gasteiger partial charge >= 0.3 is 0 Å². The van der Waals surface area contributed by atoms with Crippen molar-refractivity contribution < 1.29 is 175 Å². The van der Waals surface area contributed by atoms with E-state index in [9.17, 15) is 71.2 Å². The van der Waals surface area contributed by atoms with Crippen molar-refractivity contribution in [3.05, 3.63) is 0 Å². The third-order valence-corrected chi connectivity index (χ3v) is 19.3. The van der Waals surface area contributed by atoms with Crippen LogP contribution in [0.5, 0.6) is 0 Å². The van der Waals surface area contributed by atoms with Crippen molar-refractivity contribution in [3.8, 4) is 0 Å². The largest absolute Gasteiger partial charge is 0.542 e. The Balaban J connectivity index is 0.0000113. The van der Waals surface area contributed by atoms with Crippen molar-refractivity contribution in [1.29, 1.82) is 0 Å². The van der Waals surface area contributed by atoms with Crippen molar-refractivity contribution in [3.63, 3.8) is 0 Å². The number of hydrogen-bond acceptors (Lipinski definition) is 30. The summed E-state index contributed by atoms with van der Waals surface area (Å²) in [6.07, 6.45) is -47.8. The van der Waals surface area contributed by atoms with Crippen LogP contribution in [0.1, 0.15) is 126 Å². The van der Waals surface area contributed by atoms with Gasteiger partial charge in [0.05, 0.1) is 42.7 Å². The van der Waals surface area contributed by atoms with Gasteiger partial charge in [0, 0.05) is 39.3 Å². The van der Waals surface area contributed by atoms with Gasteiger partial charge in [0.15, 0.2) is 44.0 Å². The van der Waals surface area contributed by atoms with Gasteiger partial charge in [0.25, 0.3) is 0 Å². The summed E-state index contributed by atoms with van der Waals surface area (Å²) in [5, 5.41) is 153. The van der Waals surface area contributed by atoms with Gasteiger partial charge in [-0.2, -0.15) is 18.2 Å². The average Bonchev–Trinajstić information content (AvgIpc) is 1.57. The van der Waals surface area contributed by atoms with Crippen LogP contribution in [0.25, 0.3) is 0 Å². The van der Waals surface area contributed by atoms with Crippen LogP contribution < -0.4 is 0 Å². The van der Waals surface area contributed by atoms with E-state index in [4.69, 9.17) is 71.1 Å². The molecular weight excluding hydrogens is 1280 g/mol. The molecule has 14 bridgehead atoms. The summed E-state index contributed by atoms with van der Waals surface area (Å²) in [7, 11) is 0. The molecule has 0 aromatic rings. The Hall–Kier alpha value is 0.00390. The molecule has 35 unspecified atom stereocenters. The topological polar surface area (TPSA) is 419 Å². The summed E-state index contributed by atoms with van der Waals surface area (Å²) in [6, 6.07) is 0. The van der Waals surface area contributed by atoms with Gasteiger partial charge in [-0.25, -0.2) is 0 Å². The minimum absolute atomic E-state index is 0. The molecule has 31 heteroatoms. The van der Waals surface area contributed by atoms with E-state index in [2.05, 4.69) is 0 Å². The fourth-order valence-corrected chi connectivity index (χ4v) is 13.8. The summed E-state index contributed by atoms with van der Waals surface area (Å²) < 4.78 is 93.9. The van der Waals surface area contributed by atoms with Crippen LogP contribution in [-0.4, -0.2) is 306 Å². The third-order valence-electron chi connectivity index (χ3n) is 18.1. The van der Waals surface area contributed by atoms with Crippen molar-refractivity contribution >= 4 is 18.0 Å². The van der Waals surface area contributed by atoms with Crippen molar-refractivity contribution in [2.45, 2.75) is 340 Å². The SMILES string of the molecule is CCC1OC2OC3C(CC)OC(OC4C(CC)OC(OC5C(CC)OC(OC6C(CC)OC(OC7C(CC)OC(OC8C(CC)OC(OC1C(O)C2O)C(O)C8O)C(O)C7O)C(O)C6O)C(OCCCSCCCCC[C-]=O)C5O)C(O)C4O)C(O)C3O.[Y]. The zero-order chi connectivity index (χ0) is 63.8. The van der Waals surface area contributed by atoms with Crippen LogP contribution in [0.3, 0.4) is 0 Å². The summed E-state index contributed by atoms with van der Waals surface area (Å²) in [5.74, 6) is 1.50. The van der Waals surface area contributed by atoms with Crippen molar-refractivity contribution in [2.24, 2.45) is 0 Å². The van der Waals surface area contributed by atoms with E-state index in [-0.39, 0.29) is 84.3 Å². The minimum Gasteiger partial charge on any atom is -0.542 e. The number of ether oxygens (including phenoxy) is 15. The first-order valence-electron chi connectivity index (χ1n) is 31.8. The normalized spacial score (nSPS) is 49.3. The quantitative estimate of drug-likeness (QED) is 0.0499. The second-order valence-corrected chi connectivity index (χ2v) is 25.2. The first kappa shape index (κ1) is 76.4. The molecule has 0 aromatic carbocycles. The number of thioether (sulfide) groups is 1. The van der Waals surface area contributed by atoms with Gasteiger partial charge in [0.1, 0.15) is 128 Å². The molecule has 0 aliphatic carbocycles. The Bertz CT molecular complexity index is 2060. The standard InChI is InChI=1S/C58H99O29S.Y/c1-8-24-44-31(60)37(66)53(74-24)82-46-26(10-3)76-55(39(68)33(46)62)84-48-28(12-5)78-57(41(70)35(48)64)86-50-30(14-7)80-58(51(43(50)72)73-21-19-23-88-22-18-16-15-17-20-59)87-49-29(13-6)79-56(42(71)36(49)65)85-47-27(11-4)77-54(40(69)34(47)63)83-45-25(9-2)75-52(81-44)38(67)32(45)61;/h24-58,60-72H,8-19,21-23H2,1-7H3;/q-1;. The van der Waals surface area contributed by atoms with Crippen LogP contribution in [0.2, 0.25) is 0 Å². The molecule has 1 radical (unpaired) electrons. The third kappa shape index (κ3) is 17.3. The molecular formula is C58H99O29SY-. The average molecular weight is 1380 g/mol. The molecule has 21 rings (SSSR count). The van der Waals surface area contributed by atoms with E-state index in [1.165, 1.54) is 0 Å². The van der Waals surface area contributed by atoms with E-state index in [1.807, 2.05) is 6.29 Å². The van der Waals surface area contributed by atoms with Crippen LogP contribution in [0.15, 0.2) is 0 Å². The van der Waals surface area contributed by atoms with E-state index in [1.54, 1.807) is 60.2 Å². The Morgan fingerprint density at radius 2 is 0.539 bits per heavy atom. The number of aliphatic hydroxyl groups excluding tert-OH is 13. The van der Waals surface area contributed by atoms with E-state index >= 15 is 0 Å². The molecule has 89 heavy (non-hydrogen) atoms. The van der Waals surface area contributed by atoms with Crippen LogP contribution >= 0.6 is 11.8 Å². The molecule has 29 nitrogen and oxygen atoms in total. The predicted octanol–water partition coefficient (Wildman–Crippen LogP) is -2.49. The maximum absolute atomic E-state index is 12.4. The zero-order valence-corrected chi connectivity index (χ0v) is 55.3. The smallest absolute Gasteiger partial charge is 0.187 e. The first-order valence-corrected chi connectivity index (χ1v) is 32.9. The van der Waals surface area contributed by atoms with E-state index < -0.39 is 215 Å². The minimum atomic E-state index is -1.90. The van der Waals surface area contributed by atoms with Crippen molar-refractivity contribution in [2.75, 3.05) is 18.1 Å².